The van der Waals surface area contributed by atoms with E-state index in [4.69, 9.17) is 0 Å². The smallest absolute Gasteiger partial charge is 0.339 e. The third-order valence-corrected chi connectivity index (χ3v) is 5.88. The molecule has 0 atom stereocenters. The Bertz CT molecular complexity index is 968. The summed E-state index contributed by atoms with van der Waals surface area (Å²) in [5.41, 5.74) is -0.858. The van der Waals surface area contributed by atoms with Crippen molar-refractivity contribution in [2.45, 2.75) is 30.3 Å². The van der Waals surface area contributed by atoms with Gasteiger partial charge in [0.25, 0.3) is 15.9 Å². The van der Waals surface area contributed by atoms with Crippen LogP contribution in [0.4, 0.5) is 18.9 Å². The molecule has 2 aromatic carbocycles. The van der Waals surface area contributed by atoms with Gasteiger partial charge in [-0.15, -0.1) is 0 Å². The van der Waals surface area contributed by atoms with Crippen molar-refractivity contribution in [2.24, 2.45) is 0 Å². The standard InChI is InChI=1S/C19H19F3N2O3S/c20-19(21,22)14-7-6-8-15(13-14)28(26,27)23-17-10-3-2-9-16(17)18(25)24-11-4-1-5-12-24/h2-3,6-10,13,23H,1,4-5,11-12H2. The molecule has 0 radical (unpaired) electrons. The van der Waals surface area contributed by atoms with E-state index < -0.39 is 26.7 Å². The second-order valence-corrected chi connectivity index (χ2v) is 8.21. The number of likely N-dealkylation sites (tertiary alicyclic amines) is 1. The lowest BCUT2D eigenvalue weighted by Gasteiger charge is -2.27. The second kappa shape index (κ2) is 7.83. The zero-order valence-corrected chi connectivity index (χ0v) is 15.7. The minimum Gasteiger partial charge on any atom is -0.339 e. The molecule has 0 aliphatic carbocycles. The molecule has 0 bridgehead atoms. The van der Waals surface area contributed by atoms with Crippen molar-refractivity contribution in [1.82, 2.24) is 4.90 Å². The molecule has 0 aromatic heterocycles. The maximum absolute atomic E-state index is 12.9. The molecule has 28 heavy (non-hydrogen) atoms. The van der Waals surface area contributed by atoms with Gasteiger partial charge >= 0.3 is 6.18 Å². The first kappa shape index (κ1) is 20.2. The number of rotatable bonds is 4. The van der Waals surface area contributed by atoms with Gasteiger partial charge in [0.1, 0.15) is 0 Å². The van der Waals surface area contributed by atoms with Crippen LogP contribution in [-0.2, 0) is 16.2 Å². The number of anilines is 1. The molecule has 0 saturated carbocycles. The lowest BCUT2D eigenvalue weighted by Crippen LogP contribution is -2.36. The molecule has 5 nitrogen and oxygen atoms in total. The number of nitrogens with one attached hydrogen (secondary N) is 1. The van der Waals surface area contributed by atoms with Crippen molar-refractivity contribution < 1.29 is 26.4 Å². The summed E-state index contributed by atoms with van der Waals surface area (Å²) in [7, 11) is -4.30. The number of hydrogen-bond acceptors (Lipinski definition) is 3. The van der Waals surface area contributed by atoms with Gasteiger partial charge in [-0.25, -0.2) is 8.42 Å². The maximum Gasteiger partial charge on any atom is 0.416 e. The number of carbonyl (C=O) groups excluding carboxylic acids is 1. The molecule has 1 saturated heterocycles. The molecule has 1 heterocycles. The van der Waals surface area contributed by atoms with Gasteiger partial charge in [-0.2, -0.15) is 13.2 Å². The van der Waals surface area contributed by atoms with E-state index >= 15 is 0 Å². The molecule has 0 spiro atoms. The number of carbonyl (C=O) groups is 1. The van der Waals surface area contributed by atoms with E-state index in [1.807, 2.05) is 0 Å². The normalized spacial score (nSPS) is 15.3. The lowest BCUT2D eigenvalue weighted by atomic mass is 10.1. The predicted octanol–water partition coefficient (Wildman–Crippen LogP) is 4.13. The zero-order valence-electron chi connectivity index (χ0n) is 14.9. The molecule has 3 rings (SSSR count). The number of amides is 1. The highest BCUT2D eigenvalue weighted by Crippen LogP contribution is 2.31. The minimum atomic E-state index is -4.66. The number of alkyl halides is 3. The lowest BCUT2D eigenvalue weighted by molar-refractivity contribution is -0.137. The average molecular weight is 412 g/mol. The summed E-state index contributed by atoms with van der Waals surface area (Å²) >= 11 is 0. The second-order valence-electron chi connectivity index (χ2n) is 6.53. The fourth-order valence-electron chi connectivity index (χ4n) is 3.07. The van der Waals surface area contributed by atoms with E-state index in [0.717, 1.165) is 37.5 Å². The van der Waals surface area contributed by atoms with E-state index in [1.165, 1.54) is 12.1 Å². The molecule has 1 fully saturated rings. The van der Waals surface area contributed by atoms with Crippen LogP contribution in [0, 0.1) is 0 Å². The van der Waals surface area contributed by atoms with Gasteiger partial charge in [0.15, 0.2) is 0 Å². The van der Waals surface area contributed by atoms with E-state index in [9.17, 15) is 26.4 Å². The van der Waals surface area contributed by atoms with Gasteiger partial charge in [-0.1, -0.05) is 18.2 Å². The van der Waals surface area contributed by atoms with Crippen LogP contribution in [0.2, 0.25) is 0 Å². The summed E-state index contributed by atoms with van der Waals surface area (Å²) in [5, 5.41) is 0. The topological polar surface area (TPSA) is 66.5 Å². The van der Waals surface area contributed by atoms with Crippen molar-refractivity contribution in [2.75, 3.05) is 17.8 Å². The van der Waals surface area contributed by atoms with Crippen LogP contribution in [0.15, 0.2) is 53.4 Å². The fraction of sp³-hybridized carbons (Fsp3) is 0.316. The van der Waals surface area contributed by atoms with Crippen molar-refractivity contribution in [3.63, 3.8) is 0 Å². The largest absolute Gasteiger partial charge is 0.416 e. The molecule has 150 valence electrons. The van der Waals surface area contributed by atoms with E-state index in [2.05, 4.69) is 4.72 Å². The number of halogens is 3. The van der Waals surface area contributed by atoms with Crippen LogP contribution in [0.5, 0.6) is 0 Å². The van der Waals surface area contributed by atoms with Crippen molar-refractivity contribution in [3.05, 3.63) is 59.7 Å². The summed E-state index contributed by atoms with van der Waals surface area (Å²) in [4.78, 5) is 13.9. The van der Waals surface area contributed by atoms with Gasteiger partial charge < -0.3 is 4.90 Å². The Labute approximate surface area is 161 Å². The van der Waals surface area contributed by atoms with Gasteiger partial charge in [0.05, 0.1) is 21.7 Å². The molecule has 1 N–H and O–H groups in total. The Morgan fingerprint density at radius 2 is 1.64 bits per heavy atom. The Kier molecular flexibility index (Phi) is 5.64. The van der Waals surface area contributed by atoms with Crippen molar-refractivity contribution >= 4 is 21.6 Å². The van der Waals surface area contributed by atoms with Crippen LogP contribution in [-0.4, -0.2) is 32.3 Å². The first-order valence-corrected chi connectivity index (χ1v) is 10.3. The number of hydrogen-bond donors (Lipinski definition) is 1. The van der Waals surface area contributed by atoms with Crippen LogP contribution in [0.3, 0.4) is 0 Å². The molecule has 1 aliphatic rings. The molecule has 9 heteroatoms. The van der Waals surface area contributed by atoms with Gasteiger partial charge in [0, 0.05) is 13.1 Å². The first-order chi connectivity index (χ1) is 13.2. The van der Waals surface area contributed by atoms with Crippen LogP contribution >= 0.6 is 0 Å². The minimum absolute atomic E-state index is 0.0375. The Morgan fingerprint density at radius 1 is 0.964 bits per heavy atom. The molecule has 1 aliphatic heterocycles. The summed E-state index contributed by atoms with van der Waals surface area (Å²) in [6, 6.07) is 9.55. The molecule has 0 unspecified atom stereocenters. The molecular weight excluding hydrogens is 393 g/mol. The Balaban J connectivity index is 1.90. The van der Waals surface area contributed by atoms with Crippen molar-refractivity contribution in [3.8, 4) is 0 Å². The monoisotopic (exact) mass is 412 g/mol. The quantitative estimate of drug-likeness (QED) is 0.821. The average Bonchev–Trinajstić information content (AvgIpc) is 2.68. The van der Waals surface area contributed by atoms with Gasteiger partial charge in [-0.05, 0) is 49.6 Å². The van der Waals surface area contributed by atoms with Gasteiger partial charge in [0.2, 0.25) is 0 Å². The highest BCUT2D eigenvalue weighted by atomic mass is 32.2. The molecule has 2 aromatic rings. The summed E-state index contributed by atoms with van der Waals surface area (Å²) < 4.78 is 66.2. The van der Waals surface area contributed by atoms with E-state index in [1.54, 1.807) is 17.0 Å². The first-order valence-electron chi connectivity index (χ1n) is 8.77. The summed E-state index contributed by atoms with van der Waals surface area (Å²) in [5.74, 6) is -0.304. The fourth-order valence-corrected chi connectivity index (χ4v) is 4.19. The van der Waals surface area contributed by atoms with Crippen LogP contribution < -0.4 is 4.72 Å². The number of sulfonamides is 1. The number of piperidine rings is 1. The Morgan fingerprint density at radius 3 is 2.32 bits per heavy atom. The molecule has 1 amide bonds. The van der Waals surface area contributed by atoms with Crippen LogP contribution in [0.25, 0.3) is 0 Å². The maximum atomic E-state index is 12.9. The van der Waals surface area contributed by atoms with Gasteiger partial charge in [-0.3, -0.25) is 9.52 Å². The third kappa shape index (κ3) is 4.46. The Hall–Kier alpha value is -2.55. The number of nitrogens with zero attached hydrogens (tertiary/aromatic N) is 1. The summed E-state index contributed by atoms with van der Waals surface area (Å²) in [6.45, 7) is 1.18. The van der Waals surface area contributed by atoms with Crippen molar-refractivity contribution in [1.29, 1.82) is 0 Å². The zero-order chi connectivity index (χ0) is 20.4. The number of benzene rings is 2. The third-order valence-electron chi connectivity index (χ3n) is 4.52. The predicted molar refractivity (Wildman–Crippen MR) is 98.4 cm³/mol. The van der Waals surface area contributed by atoms with E-state index in [0.29, 0.717) is 19.2 Å². The number of para-hydroxylation sites is 1. The van der Waals surface area contributed by atoms with E-state index in [-0.39, 0.29) is 17.2 Å². The summed E-state index contributed by atoms with van der Waals surface area (Å²) in [6.07, 6.45) is -1.87. The SMILES string of the molecule is O=C(c1ccccc1NS(=O)(=O)c1cccc(C(F)(F)F)c1)N1CCCCC1. The highest BCUT2D eigenvalue weighted by molar-refractivity contribution is 7.92. The highest BCUT2D eigenvalue weighted by Gasteiger charge is 2.32. The molecular formula is C19H19F3N2O3S. The van der Waals surface area contributed by atoms with Crippen LogP contribution in [0.1, 0.15) is 35.2 Å².